The molecule has 8 heteroatoms. The van der Waals surface area contributed by atoms with Crippen molar-refractivity contribution in [3.8, 4) is 0 Å². The lowest BCUT2D eigenvalue weighted by atomic mass is 9.96. The number of nitrogens with zero attached hydrogens (tertiary/aromatic N) is 5. The number of ether oxygens (including phenoxy) is 1. The Bertz CT molecular complexity index is 1220. The molecule has 2 fully saturated rings. The Morgan fingerprint density at radius 1 is 1.06 bits per heavy atom. The van der Waals surface area contributed by atoms with E-state index in [1.165, 1.54) is 42.4 Å². The Morgan fingerprint density at radius 3 is 2.81 bits per heavy atom. The van der Waals surface area contributed by atoms with Crippen LogP contribution in [0.3, 0.4) is 0 Å². The first kappa shape index (κ1) is 19.9. The van der Waals surface area contributed by atoms with Crippen molar-refractivity contribution in [1.82, 2.24) is 19.6 Å². The fourth-order valence-electron chi connectivity index (χ4n) is 4.76. The summed E-state index contributed by atoms with van der Waals surface area (Å²) in [6.07, 6.45) is 9.27. The van der Waals surface area contributed by atoms with Crippen LogP contribution in [0.2, 0.25) is 0 Å². The lowest BCUT2D eigenvalue weighted by Gasteiger charge is -2.27. The number of hydrogen-bond donors (Lipinski definition) is 1. The van der Waals surface area contributed by atoms with E-state index in [0.29, 0.717) is 6.04 Å². The molecule has 166 valence electrons. The minimum Gasteiger partial charge on any atom is -0.378 e. The number of benzene rings is 1. The zero-order valence-electron chi connectivity index (χ0n) is 18.2. The van der Waals surface area contributed by atoms with Gasteiger partial charge in [0, 0.05) is 25.6 Å². The van der Waals surface area contributed by atoms with E-state index in [9.17, 15) is 0 Å². The van der Waals surface area contributed by atoms with Gasteiger partial charge in [0.25, 0.3) is 0 Å². The Hall–Kier alpha value is -2.71. The molecule has 4 aromatic rings. The summed E-state index contributed by atoms with van der Waals surface area (Å²) in [6.45, 7) is 3.26. The number of fused-ring (bicyclic) bond motifs is 2. The summed E-state index contributed by atoms with van der Waals surface area (Å²) >= 11 is 1.76. The largest absolute Gasteiger partial charge is 0.378 e. The lowest BCUT2D eigenvalue weighted by molar-refractivity contribution is 0.122. The number of anilines is 2. The van der Waals surface area contributed by atoms with Crippen LogP contribution in [0, 0.1) is 0 Å². The van der Waals surface area contributed by atoms with Crippen LogP contribution in [-0.4, -0.2) is 51.9 Å². The van der Waals surface area contributed by atoms with E-state index in [2.05, 4.69) is 45.5 Å². The van der Waals surface area contributed by atoms with Gasteiger partial charge >= 0.3 is 0 Å². The van der Waals surface area contributed by atoms with Crippen LogP contribution in [0.15, 0.2) is 36.5 Å². The summed E-state index contributed by atoms with van der Waals surface area (Å²) in [5.41, 5.74) is 4.31. The average molecular weight is 449 g/mol. The van der Waals surface area contributed by atoms with Gasteiger partial charge in [-0.15, -0.1) is 5.10 Å². The summed E-state index contributed by atoms with van der Waals surface area (Å²) < 4.78 is 8.70. The van der Waals surface area contributed by atoms with E-state index in [1.807, 2.05) is 10.7 Å². The maximum absolute atomic E-state index is 5.48. The fraction of sp³-hybridized carbons (Fsp3) is 0.458. The third kappa shape index (κ3) is 4.04. The molecule has 0 atom stereocenters. The zero-order valence-corrected chi connectivity index (χ0v) is 19.0. The van der Waals surface area contributed by atoms with E-state index in [1.54, 1.807) is 11.3 Å². The van der Waals surface area contributed by atoms with Gasteiger partial charge in [0.1, 0.15) is 5.82 Å². The standard InChI is InChI=1S/C24H28N6OS/c1-2-4-18(5-3-1)26-24-27-20-7-6-17(15-21(20)32-24)14-19-16-25-22-8-9-23(28-30(19)22)29-10-12-31-13-11-29/h6-9,15-16,18H,1-5,10-14H2,(H,26,27). The van der Waals surface area contributed by atoms with Crippen molar-refractivity contribution in [2.75, 3.05) is 36.5 Å². The highest BCUT2D eigenvalue weighted by molar-refractivity contribution is 7.22. The highest BCUT2D eigenvalue weighted by Crippen LogP contribution is 2.30. The van der Waals surface area contributed by atoms with Gasteiger partial charge in [-0.05, 0) is 42.7 Å². The minimum absolute atomic E-state index is 0.577. The SMILES string of the molecule is c1cc2nc(NC3CCCCC3)sc2cc1Cc1cnc2ccc(N3CCOCC3)nn12. The van der Waals surface area contributed by atoms with Gasteiger partial charge < -0.3 is 15.0 Å². The highest BCUT2D eigenvalue weighted by atomic mass is 32.1. The lowest BCUT2D eigenvalue weighted by Crippen LogP contribution is -2.37. The molecule has 0 unspecified atom stereocenters. The Balaban J connectivity index is 1.23. The molecular weight excluding hydrogens is 420 g/mol. The highest BCUT2D eigenvalue weighted by Gasteiger charge is 2.16. The Morgan fingerprint density at radius 2 is 1.94 bits per heavy atom. The molecule has 1 aliphatic carbocycles. The minimum atomic E-state index is 0.577. The number of imidazole rings is 1. The van der Waals surface area contributed by atoms with Gasteiger partial charge in [-0.25, -0.2) is 14.5 Å². The van der Waals surface area contributed by atoms with E-state index < -0.39 is 0 Å². The molecule has 0 bridgehead atoms. The molecule has 1 saturated carbocycles. The van der Waals surface area contributed by atoms with Crippen LogP contribution >= 0.6 is 11.3 Å². The molecule has 7 nitrogen and oxygen atoms in total. The molecule has 0 amide bonds. The molecule has 2 aliphatic rings. The van der Waals surface area contributed by atoms with Gasteiger partial charge in [0.15, 0.2) is 10.8 Å². The first-order chi connectivity index (χ1) is 15.8. The molecule has 0 spiro atoms. The smallest absolute Gasteiger partial charge is 0.184 e. The number of rotatable bonds is 5. The molecule has 6 rings (SSSR count). The quantitative estimate of drug-likeness (QED) is 0.485. The van der Waals surface area contributed by atoms with Crippen molar-refractivity contribution in [3.05, 3.63) is 47.8 Å². The zero-order chi connectivity index (χ0) is 21.3. The van der Waals surface area contributed by atoms with Gasteiger partial charge in [0.05, 0.1) is 35.3 Å². The van der Waals surface area contributed by atoms with Crippen molar-refractivity contribution < 1.29 is 4.74 Å². The van der Waals surface area contributed by atoms with E-state index in [4.69, 9.17) is 14.8 Å². The van der Waals surface area contributed by atoms with Crippen molar-refractivity contribution in [2.24, 2.45) is 0 Å². The van der Waals surface area contributed by atoms with Gasteiger partial charge in [-0.2, -0.15) is 0 Å². The maximum Gasteiger partial charge on any atom is 0.184 e. The molecule has 1 N–H and O–H groups in total. The van der Waals surface area contributed by atoms with Crippen LogP contribution in [0.4, 0.5) is 10.9 Å². The summed E-state index contributed by atoms with van der Waals surface area (Å²) in [5.74, 6) is 0.983. The average Bonchev–Trinajstić information content (AvgIpc) is 3.43. The van der Waals surface area contributed by atoms with E-state index in [0.717, 1.165) is 60.5 Å². The van der Waals surface area contributed by atoms with E-state index in [-0.39, 0.29) is 0 Å². The van der Waals surface area contributed by atoms with Crippen molar-refractivity contribution in [2.45, 2.75) is 44.6 Å². The van der Waals surface area contributed by atoms with Crippen LogP contribution in [0.5, 0.6) is 0 Å². The van der Waals surface area contributed by atoms with E-state index >= 15 is 0 Å². The van der Waals surface area contributed by atoms with Gasteiger partial charge in [0.2, 0.25) is 0 Å². The molecule has 0 radical (unpaired) electrons. The normalized spacial score (nSPS) is 17.9. The second-order valence-electron chi connectivity index (χ2n) is 8.79. The fourth-order valence-corrected chi connectivity index (χ4v) is 5.77. The summed E-state index contributed by atoms with van der Waals surface area (Å²) in [5, 5.41) is 9.61. The maximum atomic E-state index is 5.48. The second kappa shape index (κ2) is 8.67. The van der Waals surface area contributed by atoms with Crippen LogP contribution < -0.4 is 10.2 Å². The third-order valence-corrected chi connectivity index (χ3v) is 7.47. The first-order valence-corrected chi connectivity index (χ1v) is 12.5. The number of hydrogen-bond acceptors (Lipinski definition) is 7. The van der Waals surface area contributed by atoms with Crippen molar-refractivity contribution in [1.29, 1.82) is 0 Å². The summed E-state index contributed by atoms with van der Waals surface area (Å²) in [4.78, 5) is 11.7. The number of nitrogens with one attached hydrogen (secondary N) is 1. The molecule has 3 aromatic heterocycles. The number of morpholine rings is 1. The van der Waals surface area contributed by atoms with Gasteiger partial charge in [-0.1, -0.05) is 36.7 Å². The summed E-state index contributed by atoms with van der Waals surface area (Å²) in [6, 6.07) is 11.3. The van der Waals surface area contributed by atoms with Crippen LogP contribution in [0.25, 0.3) is 15.9 Å². The predicted octanol–water partition coefficient (Wildman–Crippen LogP) is 4.51. The van der Waals surface area contributed by atoms with Crippen molar-refractivity contribution in [3.63, 3.8) is 0 Å². The molecule has 32 heavy (non-hydrogen) atoms. The first-order valence-electron chi connectivity index (χ1n) is 11.6. The Labute approximate surface area is 191 Å². The van der Waals surface area contributed by atoms with Crippen LogP contribution in [0.1, 0.15) is 43.4 Å². The second-order valence-corrected chi connectivity index (χ2v) is 9.82. The molecular formula is C24H28N6OS. The monoisotopic (exact) mass is 448 g/mol. The summed E-state index contributed by atoms with van der Waals surface area (Å²) in [7, 11) is 0. The third-order valence-electron chi connectivity index (χ3n) is 6.52. The number of aromatic nitrogens is 4. The van der Waals surface area contributed by atoms with Gasteiger partial charge in [-0.3, -0.25) is 0 Å². The Kier molecular flexibility index (Phi) is 5.40. The topological polar surface area (TPSA) is 67.6 Å². The van der Waals surface area contributed by atoms with Crippen molar-refractivity contribution >= 4 is 38.2 Å². The molecule has 4 heterocycles. The predicted molar refractivity (Wildman–Crippen MR) is 129 cm³/mol. The molecule has 1 saturated heterocycles. The number of thiazole rings is 1. The van der Waals surface area contributed by atoms with Crippen LogP contribution in [-0.2, 0) is 11.2 Å². The molecule has 1 aromatic carbocycles. The molecule has 1 aliphatic heterocycles.